The molecule has 3 aromatic carbocycles. The number of phenolic OH excluding ortho intramolecular Hbond substituents is 1. The molecule has 3 rings (SSSR count). The smallest absolute Gasteiger partial charge is 0.350 e. The maximum atomic E-state index is 12.5. The van der Waals surface area contributed by atoms with Gasteiger partial charge in [0, 0.05) is 22.7 Å². The molecule has 0 heterocycles. The lowest BCUT2D eigenvalue weighted by molar-refractivity contribution is -0.158. The van der Waals surface area contributed by atoms with Gasteiger partial charge in [-0.2, -0.15) is 0 Å². The van der Waals surface area contributed by atoms with Crippen molar-refractivity contribution in [3.05, 3.63) is 94.5 Å². The van der Waals surface area contributed by atoms with Crippen LogP contribution in [-0.4, -0.2) is 41.5 Å². The molecule has 1 amide bonds. The van der Waals surface area contributed by atoms with E-state index in [1.165, 1.54) is 24.3 Å². The van der Waals surface area contributed by atoms with E-state index in [2.05, 4.69) is 5.32 Å². The molecule has 7 nitrogen and oxygen atoms in total. The van der Waals surface area contributed by atoms with Gasteiger partial charge in [-0.3, -0.25) is 9.59 Å². The van der Waals surface area contributed by atoms with Crippen LogP contribution in [0.5, 0.6) is 11.5 Å². The summed E-state index contributed by atoms with van der Waals surface area (Å²) >= 11 is 5.84. The number of ketones is 1. The molecule has 0 atom stereocenters. The summed E-state index contributed by atoms with van der Waals surface area (Å²) in [6.45, 7) is 3.13. The van der Waals surface area contributed by atoms with Crippen molar-refractivity contribution in [3.63, 3.8) is 0 Å². The zero-order chi connectivity index (χ0) is 25.4. The number of hydrogen-bond donors (Lipinski definition) is 2. The Bertz CT molecular complexity index is 1170. The fourth-order valence-electron chi connectivity index (χ4n) is 3.12. The number of phenols is 1. The SMILES string of the molecule is CC(C)(Oc1ccc(CCNC(=O)c2ccc(Cl)cc2)cc1)C(=O)OCC(=O)c1ccc(O)cc1. The topological polar surface area (TPSA) is 102 Å². The summed E-state index contributed by atoms with van der Waals surface area (Å²) in [4.78, 5) is 36.8. The number of benzene rings is 3. The highest BCUT2D eigenvalue weighted by molar-refractivity contribution is 6.30. The zero-order valence-electron chi connectivity index (χ0n) is 19.4. The van der Waals surface area contributed by atoms with E-state index in [4.69, 9.17) is 21.1 Å². The Labute approximate surface area is 208 Å². The first-order valence-corrected chi connectivity index (χ1v) is 11.3. The Hall–Kier alpha value is -3.84. The third kappa shape index (κ3) is 7.58. The van der Waals surface area contributed by atoms with Crippen LogP contribution < -0.4 is 10.1 Å². The van der Waals surface area contributed by atoms with Crippen molar-refractivity contribution in [1.82, 2.24) is 5.32 Å². The zero-order valence-corrected chi connectivity index (χ0v) is 20.2. The molecule has 0 aliphatic carbocycles. The number of carbonyl (C=O) groups is 3. The van der Waals surface area contributed by atoms with Crippen LogP contribution in [0.15, 0.2) is 72.8 Å². The molecule has 0 aliphatic rings. The van der Waals surface area contributed by atoms with E-state index >= 15 is 0 Å². The monoisotopic (exact) mass is 495 g/mol. The summed E-state index contributed by atoms with van der Waals surface area (Å²) < 4.78 is 10.9. The maximum Gasteiger partial charge on any atom is 0.350 e. The normalized spacial score (nSPS) is 10.9. The highest BCUT2D eigenvalue weighted by Crippen LogP contribution is 2.21. The second-order valence-electron chi connectivity index (χ2n) is 8.32. The number of carbonyl (C=O) groups excluding carboxylic acids is 3. The van der Waals surface area contributed by atoms with Crippen LogP contribution in [-0.2, 0) is 16.0 Å². The van der Waals surface area contributed by atoms with Gasteiger partial charge < -0.3 is 19.9 Å². The van der Waals surface area contributed by atoms with Crippen molar-refractivity contribution in [2.24, 2.45) is 0 Å². The van der Waals surface area contributed by atoms with Crippen LogP contribution in [0.2, 0.25) is 5.02 Å². The fraction of sp³-hybridized carbons (Fsp3) is 0.222. The minimum Gasteiger partial charge on any atom is -0.508 e. The van der Waals surface area contributed by atoms with E-state index < -0.39 is 18.2 Å². The van der Waals surface area contributed by atoms with Gasteiger partial charge in [-0.05, 0) is 86.5 Å². The van der Waals surface area contributed by atoms with Crippen molar-refractivity contribution in [2.75, 3.05) is 13.2 Å². The molecule has 3 aromatic rings. The first-order chi connectivity index (χ1) is 16.6. The van der Waals surface area contributed by atoms with E-state index in [0.29, 0.717) is 34.9 Å². The number of esters is 1. The molecule has 2 N–H and O–H groups in total. The summed E-state index contributed by atoms with van der Waals surface area (Å²) in [7, 11) is 0. The first-order valence-electron chi connectivity index (χ1n) is 11.0. The standard InChI is InChI=1S/C27H26ClNO6/c1-27(2,26(33)34-17-24(31)19-7-11-22(30)12-8-19)35-23-13-3-18(4-14-23)15-16-29-25(32)20-5-9-21(28)10-6-20/h3-14,30H,15-17H2,1-2H3,(H,29,32). The molecule has 0 aromatic heterocycles. The number of nitrogens with one attached hydrogen (secondary N) is 1. The molecule has 0 spiro atoms. The number of rotatable bonds is 10. The molecule has 0 saturated carbocycles. The minimum absolute atomic E-state index is 0.0433. The van der Waals surface area contributed by atoms with Crippen LogP contribution in [0.25, 0.3) is 0 Å². The van der Waals surface area contributed by atoms with Crippen LogP contribution in [0.4, 0.5) is 0 Å². The summed E-state index contributed by atoms with van der Waals surface area (Å²) in [6, 6.07) is 19.5. The largest absolute Gasteiger partial charge is 0.508 e. The number of aromatic hydroxyl groups is 1. The van der Waals surface area contributed by atoms with Gasteiger partial charge in [0.15, 0.2) is 18.0 Å². The van der Waals surface area contributed by atoms with Crippen LogP contribution >= 0.6 is 11.6 Å². The third-order valence-electron chi connectivity index (χ3n) is 5.12. The highest BCUT2D eigenvalue weighted by Gasteiger charge is 2.32. The molecular formula is C27H26ClNO6. The molecule has 0 bridgehead atoms. The Morgan fingerprint density at radius 3 is 2.11 bits per heavy atom. The van der Waals surface area contributed by atoms with Crippen LogP contribution in [0.1, 0.15) is 40.1 Å². The molecule has 35 heavy (non-hydrogen) atoms. The first kappa shape index (κ1) is 25.8. The number of amides is 1. The van der Waals surface area contributed by atoms with Gasteiger partial charge in [0.2, 0.25) is 0 Å². The number of ether oxygens (including phenoxy) is 2. The van der Waals surface area contributed by atoms with Gasteiger partial charge in [-0.15, -0.1) is 0 Å². The Kier molecular flexibility index (Phi) is 8.49. The Morgan fingerprint density at radius 1 is 0.886 bits per heavy atom. The van der Waals surface area contributed by atoms with E-state index in [0.717, 1.165) is 5.56 Å². The third-order valence-corrected chi connectivity index (χ3v) is 5.37. The number of hydrogen-bond acceptors (Lipinski definition) is 6. The van der Waals surface area contributed by atoms with Gasteiger partial charge in [-0.1, -0.05) is 23.7 Å². The number of Topliss-reactive ketones (excluding diaryl/α,β-unsaturated/α-hetero) is 1. The van der Waals surface area contributed by atoms with Crippen molar-refractivity contribution in [3.8, 4) is 11.5 Å². The summed E-state index contributed by atoms with van der Waals surface area (Å²) in [5.41, 5.74) is 0.531. The Balaban J connectivity index is 1.46. The van der Waals surface area contributed by atoms with Crippen molar-refractivity contribution in [1.29, 1.82) is 0 Å². The van der Waals surface area contributed by atoms with Gasteiger partial charge in [-0.25, -0.2) is 4.79 Å². The van der Waals surface area contributed by atoms with Crippen molar-refractivity contribution >= 4 is 29.3 Å². The lowest BCUT2D eigenvalue weighted by atomic mass is 10.1. The predicted octanol–water partition coefficient (Wildman–Crippen LogP) is 4.60. The van der Waals surface area contributed by atoms with Gasteiger partial charge in [0.1, 0.15) is 11.5 Å². The quantitative estimate of drug-likeness (QED) is 0.315. The molecule has 0 unspecified atom stereocenters. The van der Waals surface area contributed by atoms with Gasteiger partial charge in [0.05, 0.1) is 0 Å². The fourth-order valence-corrected chi connectivity index (χ4v) is 3.25. The maximum absolute atomic E-state index is 12.5. The molecule has 0 saturated heterocycles. The molecule has 182 valence electrons. The molecule has 0 radical (unpaired) electrons. The average molecular weight is 496 g/mol. The van der Waals surface area contributed by atoms with Crippen molar-refractivity contribution in [2.45, 2.75) is 25.9 Å². The summed E-state index contributed by atoms with van der Waals surface area (Å²) in [6.07, 6.45) is 0.615. The van der Waals surface area contributed by atoms with Crippen LogP contribution in [0.3, 0.4) is 0 Å². The minimum atomic E-state index is -1.32. The second kappa shape index (κ2) is 11.5. The van der Waals surface area contributed by atoms with E-state index in [1.807, 2.05) is 12.1 Å². The lowest BCUT2D eigenvalue weighted by Crippen LogP contribution is -2.40. The number of halogens is 1. The van der Waals surface area contributed by atoms with Gasteiger partial charge in [0.25, 0.3) is 5.91 Å². The lowest BCUT2D eigenvalue weighted by Gasteiger charge is -2.24. The van der Waals surface area contributed by atoms with E-state index in [-0.39, 0.29) is 17.4 Å². The van der Waals surface area contributed by atoms with Crippen molar-refractivity contribution < 1.29 is 29.0 Å². The molecule has 0 aliphatic heterocycles. The van der Waals surface area contributed by atoms with E-state index in [1.54, 1.807) is 50.2 Å². The van der Waals surface area contributed by atoms with E-state index in [9.17, 15) is 19.5 Å². The average Bonchev–Trinajstić information content (AvgIpc) is 2.84. The summed E-state index contributed by atoms with van der Waals surface area (Å²) in [5.74, 6) is -0.737. The van der Waals surface area contributed by atoms with Crippen LogP contribution in [0, 0.1) is 0 Å². The summed E-state index contributed by atoms with van der Waals surface area (Å²) in [5, 5.41) is 12.7. The molecule has 0 fully saturated rings. The molecule has 8 heteroatoms. The molecular weight excluding hydrogens is 470 g/mol. The Morgan fingerprint density at radius 2 is 1.49 bits per heavy atom. The predicted molar refractivity (Wildman–Crippen MR) is 132 cm³/mol. The highest BCUT2D eigenvalue weighted by atomic mass is 35.5. The van der Waals surface area contributed by atoms with Gasteiger partial charge >= 0.3 is 5.97 Å². The second-order valence-corrected chi connectivity index (χ2v) is 8.75.